The number of rotatable bonds is 8. The molecule has 2 rings (SSSR count). The van der Waals surface area contributed by atoms with Crippen LogP contribution in [0.3, 0.4) is 0 Å². The van der Waals surface area contributed by atoms with Gasteiger partial charge in [0.25, 0.3) is 0 Å². The third kappa shape index (κ3) is 4.52. The maximum absolute atomic E-state index is 11.2. The van der Waals surface area contributed by atoms with E-state index in [4.69, 9.17) is 0 Å². The van der Waals surface area contributed by atoms with Crippen LogP contribution >= 0.6 is 0 Å². The lowest BCUT2D eigenvalue weighted by Gasteiger charge is -2.09. The van der Waals surface area contributed by atoms with Gasteiger partial charge in [0.1, 0.15) is 12.6 Å². The monoisotopic (exact) mass is 292 g/mol. The van der Waals surface area contributed by atoms with E-state index in [1.54, 1.807) is 0 Å². The highest BCUT2D eigenvalue weighted by Crippen LogP contribution is 2.20. The molecule has 2 aromatic carbocycles. The third-order valence-corrected chi connectivity index (χ3v) is 3.73. The summed E-state index contributed by atoms with van der Waals surface area (Å²) in [6, 6.07) is 19.5. The molecule has 0 radical (unpaired) electrons. The van der Waals surface area contributed by atoms with Crippen LogP contribution in [0.4, 0.5) is 0 Å². The first-order valence-corrected chi connectivity index (χ1v) is 7.50. The van der Waals surface area contributed by atoms with Crippen molar-refractivity contribution < 1.29 is 9.59 Å². The summed E-state index contributed by atoms with van der Waals surface area (Å²) >= 11 is 0. The minimum atomic E-state index is -0.121. The Morgan fingerprint density at radius 1 is 0.636 bits per heavy atom. The highest BCUT2D eigenvalue weighted by Gasteiger charge is 2.09. The molecule has 0 aliphatic rings. The van der Waals surface area contributed by atoms with Crippen molar-refractivity contribution in [2.45, 2.75) is 24.7 Å². The SMILES string of the molecule is O=CC(CC=CCC(C=O)c1ccccc1)c1ccccc1. The van der Waals surface area contributed by atoms with Crippen LogP contribution in [0.25, 0.3) is 0 Å². The molecule has 0 N–H and O–H groups in total. The predicted octanol–water partition coefficient (Wildman–Crippen LogP) is 4.29. The lowest BCUT2D eigenvalue weighted by atomic mass is 9.95. The van der Waals surface area contributed by atoms with Crippen molar-refractivity contribution in [1.29, 1.82) is 0 Å². The van der Waals surface area contributed by atoms with Gasteiger partial charge >= 0.3 is 0 Å². The lowest BCUT2D eigenvalue weighted by Crippen LogP contribution is -2.00. The number of hydrogen-bond donors (Lipinski definition) is 0. The van der Waals surface area contributed by atoms with Gasteiger partial charge in [-0.1, -0.05) is 72.8 Å². The van der Waals surface area contributed by atoms with Crippen LogP contribution in [0.2, 0.25) is 0 Å². The summed E-state index contributed by atoms with van der Waals surface area (Å²) in [7, 11) is 0. The molecule has 0 aromatic heterocycles. The van der Waals surface area contributed by atoms with Crippen molar-refractivity contribution in [3.05, 3.63) is 83.9 Å². The van der Waals surface area contributed by atoms with Crippen molar-refractivity contribution in [3.8, 4) is 0 Å². The van der Waals surface area contributed by atoms with Crippen LogP contribution in [0, 0.1) is 0 Å². The fraction of sp³-hybridized carbons (Fsp3) is 0.200. The summed E-state index contributed by atoms with van der Waals surface area (Å²) in [5.74, 6) is -0.243. The van der Waals surface area contributed by atoms with Gasteiger partial charge in [-0.05, 0) is 24.0 Å². The number of allylic oxidation sites excluding steroid dienone is 2. The standard InChI is InChI=1S/C20H20O2/c21-15-19(17-9-3-1-4-10-17)13-7-8-14-20(16-22)18-11-5-2-6-12-18/h1-12,15-16,19-20H,13-14H2. The van der Waals surface area contributed by atoms with E-state index in [1.165, 1.54) is 0 Å². The molecule has 2 unspecified atom stereocenters. The molecule has 22 heavy (non-hydrogen) atoms. The average molecular weight is 292 g/mol. The van der Waals surface area contributed by atoms with Crippen LogP contribution in [0.5, 0.6) is 0 Å². The Kier molecular flexibility index (Phi) is 6.31. The molecule has 0 aliphatic carbocycles. The van der Waals surface area contributed by atoms with Crippen molar-refractivity contribution in [2.75, 3.05) is 0 Å². The number of carbonyl (C=O) groups is 2. The van der Waals surface area contributed by atoms with Gasteiger partial charge in [-0.2, -0.15) is 0 Å². The zero-order valence-electron chi connectivity index (χ0n) is 12.5. The summed E-state index contributed by atoms with van der Waals surface area (Å²) in [4.78, 5) is 22.4. The van der Waals surface area contributed by atoms with Gasteiger partial charge in [0, 0.05) is 11.8 Å². The summed E-state index contributed by atoms with van der Waals surface area (Å²) in [5.41, 5.74) is 2.05. The van der Waals surface area contributed by atoms with E-state index in [2.05, 4.69) is 0 Å². The van der Waals surface area contributed by atoms with Crippen LogP contribution in [-0.2, 0) is 9.59 Å². The minimum Gasteiger partial charge on any atom is -0.303 e. The number of benzene rings is 2. The van der Waals surface area contributed by atoms with Gasteiger partial charge in [0.15, 0.2) is 0 Å². The fourth-order valence-corrected chi connectivity index (χ4v) is 2.43. The van der Waals surface area contributed by atoms with Crippen molar-refractivity contribution in [2.24, 2.45) is 0 Å². The molecule has 0 saturated carbocycles. The number of aldehydes is 2. The topological polar surface area (TPSA) is 34.1 Å². The Labute approximate surface area is 131 Å². The van der Waals surface area contributed by atoms with Gasteiger partial charge in [-0.3, -0.25) is 0 Å². The molecular formula is C20H20O2. The summed E-state index contributed by atoms with van der Waals surface area (Å²) < 4.78 is 0. The molecule has 112 valence electrons. The Hall–Kier alpha value is -2.48. The van der Waals surface area contributed by atoms with Crippen molar-refractivity contribution >= 4 is 12.6 Å². The normalized spacial score (nSPS) is 13.6. The zero-order valence-corrected chi connectivity index (χ0v) is 12.5. The summed E-state index contributed by atoms with van der Waals surface area (Å²) in [5, 5.41) is 0. The molecule has 2 heteroatoms. The molecule has 0 saturated heterocycles. The van der Waals surface area contributed by atoms with Gasteiger partial charge in [-0.15, -0.1) is 0 Å². The van der Waals surface area contributed by atoms with Gasteiger partial charge in [-0.25, -0.2) is 0 Å². The van der Waals surface area contributed by atoms with E-state index in [1.807, 2.05) is 72.8 Å². The highest BCUT2D eigenvalue weighted by atomic mass is 16.1. The molecule has 2 atom stereocenters. The Morgan fingerprint density at radius 2 is 1.00 bits per heavy atom. The first kappa shape index (κ1) is 15.9. The highest BCUT2D eigenvalue weighted by molar-refractivity contribution is 5.63. The van der Waals surface area contributed by atoms with Crippen molar-refractivity contribution in [1.82, 2.24) is 0 Å². The zero-order chi connectivity index (χ0) is 15.6. The molecule has 0 spiro atoms. The van der Waals surface area contributed by atoms with E-state index < -0.39 is 0 Å². The largest absolute Gasteiger partial charge is 0.303 e. The second kappa shape index (κ2) is 8.73. The molecule has 0 fully saturated rings. The molecule has 0 amide bonds. The molecule has 0 heterocycles. The summed E-state index contributed by atoms with van der Waals surface area (Å²) in [6.07, 6.45) is 7.26. The van der Waals surface area contributed by atoms with Crippen molar-refractivity contribution in [3.63, 3.8) is 0 Å². The second-order valence-electron chi connectivity index (χ2n) is 5.25. The van der Waals surface area contributed by atoms with E-state index in [0.29, 0.717) is 12.8 Å². The summed E-state index contributed by atoms with van der Waals surface area (Å²) in [6.45, 7) is 0. The minimum absolute atomic E-state index is 0.121. The van der Waals surface area contributed by atoms with Gasteiger partial charge in [0.2, 0.25) is 0 Å². The average Bonchev–Trinajstić information content (AvgIpc) is 2.60. The van der Waals surface area contributed by atoms with Gasteiger partial charge in [0.05, 0.1) is 0 Å². The van der Waals surface area contributed by atoms with E-state index >= 15 is 0 Å². The Balaban J connectivity index is 1.91. The second-order valence-corrected chi connectivity index (χ2v) is 5.25. The Morgan fingerprint density at radius 3 is 1.32 bits per heavy atom. The predicted molar refractivity (Wildman–Crippen MR) is 88.9 cm³/mol. The first-order chi connectivity index (χ1) is 10.8. The van der Waals surface area contributed by atoms with E-state index in [-0.39, 0.29) is 11.8 Å². The molecule has 2 aromatic rings. The Bertz CT molecular complexity index is 547. The van der Waals surface area contributed by atoms with Crippen LogP contribution in [0.1, 0.15) is 35.8 Å². The van der Waals surface area contributed by atoms with Crippen LogP contribution in [-0.4, -0.2) is 12.6 Å². The van der Waals surface area contributed by atoms with Gasteiger partial charge < -0.3 is 9.59 Å². The lowest BCUT2D eigenvalue weighted by molar-refractivity contribution is -0.109. The molecule has 0 aliphatic heterocycles. The smallest absolute Gasteiger partial charge is 0.127 e. The maximum atomic E-state index is 11.2. The molecular weight excluding hydrogens is 272 g/mol. The van der Waals surface area contributed by atoms with Crippen LogP contribution < -0.4 is 0 Å². The number of hydrogen-bond acceptors (Lipinski definition) is 2. The third-order valence-electron chi connectivity index (χ3n) is 3.73. The maximum Gasteiger partial charge on any atom is 0.127 e. The quantitative estimate of drug-likeness (QED) is 0.537. The fourth-order valence-electron chi connectivity index (χ4n) is 2.43. The first-order valence-electron chi connectivity index (χ1n) is 7.50. The van der Waals surface area contributed by atoms with E-state index in [0.717, 1.165) is 23.7 Å². The molecule has 2 nitrogen and oxygen atoms in total. The van der Waals surface area contributed by atoms with Crippen LogP contribution in [0.15, 0.2) is 72.8 Å². The van der Waals surface area contributed by atoms with E-state index in [9.17, 15) is 9.59 Å². The molecule has 0 bridgehead atoms. The number of carbonyl (C=O) groups excluding carboxylic acids is 2.